The number of carbonyl (C=O) groups is 1. The fourth-order valence-electron chi connectivity index (χ4n) is 4.29. The average Bonchev–Trinajstić information content (AvgIpc) is 2.66. The summed E-state index contributed by atoms with van der Waals surface area (Å²) in [6, 6.07) is 12.4. The number of aryl methyl sites for hydroxylation is 1. The van der Waals surface area contributed by atoms with E-state index in [1.165, 1.54) is 29.2 Å². The van der Waals surface area contributed by atoms with Gasteiger partial charge in [-0.25, -0.2) is 0 Å². The van der Waals surface area contributed by atoms with E-state index in [1.807, 2.05) is 18.2 Å². The lowest BCUT2D eigenvalue weighted by Crippen LogP contribution is -2.23. The summed E-state index contributed by atoms with van der Waals surface area (Å²) in [5, 5.41) is 0. The molecule has 2 aliphatic carbocycles. The van der Waals surface area contributed by atoms with E-state index in [-0.39, 0.29) is 5.97 Å². The van der Waals surface area contributed by atoms with E-state index in [4.69, 9.17) is 9.47 Å². The monoisotopic (exact) mass is 347 g/mol. The van der Waals surface area contributed by atoms with E-state index in [1.54, 1.807) is 7.11 Å². The van der Waals surface area contributed by atoms with E-state index < -0.39 is 0 Å². The summed E-state index contributed by atoms with van der Waals surface area (Å²) in [4.78, 5) is 11.3. The minimum atomic E-state index is -0.278. The number of methoxy groups -OCH3 is 1. The molecule has 26 heavy (non-hydrogen) atoms. The molecule has 133 valence electrons. The van der Waals surface area contributed by atoms with Crippen molar-refractivity contribution in [1.82, 2.24) is 0 Å². The van der Waals surface area contributed by atoms with Gasteiger partial charge in [0.25, 0.3) is 0 Å². The van der Waals surface area contributed by atoms with Gasteiger partial charge in [0.2, 0.25) is 0 Å². The normalized spacial score (nSPS) is 20.8. The highest BCUT2D eigenvalue weighted by atomic mass is 16.5. The van der Waals surface area contributed by atoms with Crippen molar-refractivity contribution >= 4 is 12.0 Å². The predicted molar refractivity (Wildman–Crippen MR) is 101 cm³/mol. The first kappa shape index (κ1) is 16.9. The van der Waals surface area contributed by atoms with Crippen molar-refractivity contribution in [3.05, 3.63) is 64.7 Å². The van der Waals surface area contributed by atoms with Gasteiger partial charge in [0.15, 0.2) is 0 Å². The van der Waals surface area contributed by atoms with Crippen LogP contribution in [0, 0.1) is 12.0 Å². The molecule has 0 spiro atoms. The van der Waals surface area contributed by atoms with E-state index >= 15 is 0 Å². The van der Waals surface area contributed by atoms with Crippen LogP contribution in [0.2, 0.25) is 0 Å². The molecular formula is C23H23O3. The highest BCUT2D eigenvalue weighted by Gasteiger charge is 2.30. The molecule has 0 bridgehead atoms. The zero-order chi connectivity index (χ0) is 18.1. The maximum absolute atomic E-state index is 11.3. The van der Waals surface area contributed by atoms with Crippen molar-refractivity contribution < 1.29 is 14.3 Å². The van der Waals surface area contributed by atoms with E-state index in [0.717, 1.165) is 31.4 Å². The van der Waals surface area contributed by atoms with Crippen molar-refractivity contribution in [3.63, 3.8) is 0 Å². The molecule has 2 unspecified atom stereocenters. The second kappa shape index (κ2) is 6.99. The van der Waals surface area contributed by atoms with E-state index in [2.05, 4.69) is 30.4 Å². The highest BCUT2D eigenvalue weighted by molar-refractivity contribution is 5.70. The van der Waals surface area contributed by atoms with Crippen LogP contribution in [0.1, 0.15) is 47.9 Å². The molecule has 0 fully saturated rings. The molecule has 0 N–H and O–H groups in total. The molecule has 3 nitrogen and oxygen atoms in total. The molecule has 2 atom stereocenters. The van der Waals surface area contributed by atoms with Crippen LogP contribution in [0.25, 0.3) is 6.08 Å². The topological polar surface area (TPSA) is 35.5 Å². The fourth-order valence-corrected chi connectivity index (χ4v) is 4.29. The standard InChI is InChI=1S/C23H23O3/c1-15(24)26-21-11-8-16-4-3-5-22(23(16)14-21)19-7-6-18-13-20(25-2)10-9-17(18)12-19/h4,8-11,13-14,19,22H,5-7,12H2,1-2H3. The van der Waals surface area contributed by atoms with Crippen molar-refractivity contribution in [1.29, 1.82) is 0 Å². The van der Waals surface area contributed by atoms with Crippen molar-refractivity contribution in [3.8, 4) is 11.5 Å². The molecule has 1 radical (unpaired) electrons. The Hall–Kier alpha value is -2.55. The molecular weight excluding hydrogens is 324 g/mol. The van der Waals surface area contributed by atoms with Crippen LogP contribution in [-0.4, -0.2) is 13.1 Å². The van der Waals surface area contributed by atoms with Crippen LogP contribution < -0.4 is 9.47 Å². The van der Waals surface area contributed by atoms with Gasteiger partial charge in [0.05, 0.1) is 7.11 Å². The third-order valence-electron chi connectivity index (χ3n) is 5.56. The third kappa shape index (κ3) is 3.26. The summed E-state index contributed by atoms with van der Waals surface area (Å²) < 4.78 is 10.7. The number of esters is 1. The summed E-state index contributed by atoms with van der Waals surface area (Å²) in [5.74, 6) is 2.29. The Labute approximate surface area is 154 Å². The first-order valence-electron chi connectivity index (χ1n) is 9.19. The van der Waals surface area contributed by atoms with Crippen LogP contribution in [0.4, 0.5) is 0 Å². The molecule has 0 aliphatic heterocycles. The molecule has 3 heteroatoms. The van der Waals surface area contributed by atoms with E-state index in [9.17, 15) is 4.79 Å². The minimum Gasteiger partial charge on any atom is -0.497 e. The number of hydrogen-bond acceptors (Lipinski definition) is 3. The zero-order valence-corrected chi connectivity index (χ0v) is 15.2. The number of hydrogen-bond donors (Lipinski definition) is 0. The molecule has 0 heterocycles. The van der Waals surface area contributed by atoms with Gasteiger partial charge in [0, 0.05) is 6.92 Å². The number of allylic oxidation sites excluding steroid dienone is 1. The Balaban J connectivity index is 1.61. The smallest absolute Gasteiger partial charge is 0.308 e. The Kier molecular flexibility index (Phi) is 4.54. The first-order valence-corrected chi connectivity index (χ1v) is 9.19. The third-order valence-corrected chi connectivity index (χ3v) is 5.56. The maximum atomic E-state index is 11.3. The van der Waals surface area contributed by atoms with Crippen molar-refractivity contribution in [2.75, 3.05) is 7.11 Å². The van der Waals surface area contributed by atoms with Crippen LogP contribution in [0.3, 0.4) is 0 Å². The minimum absolute atomic E-state index is 0.278. The van der Waals surface area contributed by atoms with Gasteiger partial charge >= 0.3 is 5.97 Å². The summed E-state index contributed by atoms with van der Waals surface area (Å²) in [6.07, 6.45) is 9.73. The number of carbonyl (C=O) groups excluding carboxylic acids is 1. The Bertz CT molecular complexity index is 866. The lowest BCUT2D eigenvalue weighted by molar-refractivity contribution is -0.131. The van der Waals surface area contributed by atoms with Crippen molar-refractivity contribution in [2.24, 2.45) is 5.92 Å². The molecule has 2 aliphatic rings. The van der Waals surface area contributed by atoms with Gasteiger partial charge in [-0.3, -0.25) is 4.79 Å². The Morgan fingerprint density at radius 1 is 1.12 bits per heavy atom. The number of rotatable bonds is 3. The second-order valence-corrected chi connectivity index (χ2v) is 7.18. The molecule has 0 aromatic heterocycles. The van der Waals surface area contributed by atoms with Gasteiger partial charge in [-0.15, -0.1) is 0 Å². The van der Waals surface area contributed by atoms with Crippen LogP contribution >= 0.6 is 0 Å². The molecule has 2 aromatic carbocycles. The van der Waals surface area contributed by atoms with Crippen LogP contribution in [0.15, 0.2) is 36.4 Å². The number of benzene rings is 2. The van der Waals surface area contributed by atoms with Crippen LogP contribution in [0.5, 0.6) is 11.5 Å². The predicted octanol–water partition coefficient (Wildman–Crippen LogP) is 4.73. The van der Waals surface area contributed by atoms with Gasteiger partial charge in [0.1, 0.15) is 11.5 Å². The summed E-state index contributed by atoms with van der Waals surface area (Å²) in [7, 11) is 1.72. The SMILES string of the molecule is COc1ccc2c(c1)CCC(C1C[C]=Cc3ccc(OC(C)=O)cc31)C2. The largest absolute Gasteiger partial charge is 0.497 e. The average molecular weight is 347 g/mol. The van der Waals surface area contributed by atoms with Crippen LogP contribution in [-0.2, 0) is 17.6 Å². The number of fused-ring (bicyclic) bond motifs is 2. The van der Waals surface area contributed by atoms with E-state index in [0.29, 0.717) is 17.6 Å². The molecule has 0 saturated heterocycles. The Morgan fingerprint density at radius 2 is 1.96 bits per heavy atom. The Morgan fingerprint density at radius 3 is 2.77 bits per heavy atom. The molecule has 2 aromatic rings. The first-order chi connectivity index (χ1) is 12.6. The second-order valence-electron chi connectivity index (χ2n) is 7.18. The molecule has 0 saturated carbocycles. The van der Waals surface area contributed by atoms with Gasteiger partial charge in [-0.1, -0.05) is 18.2 Å². The van der Waals surface area contributed by atoms with Gasteiger partial charge < -0.3 is 9.47 Å². The van der Waals surface area contributed by atoms with Crippen molar-refractivity contribution in [2.45, 2.75) is 38.5 Å². The summed E-state index contributed by atoms with van der Waals surface area (Å²) in [5.41, 5.74) is 5.31. The quantitative estimate of drug-likeness (QED) is 0.595. The fraction of sp³-hybridized carbons (Fsp3) is 0.348. The maximum Gasteiger partial charge on any atom is 0.308 e. The number of ether oxygens (including phenoxy) is 2. The lowest BCUT2D eigenvalue weighted by Gasteiger charge is -2.34. The highest BCUT2D eigenvalue weighted by Crippen LogP contribution is 2.42. The molecule has 0 amide bonds. The van der Waals surface area contributed by atoms with Gasteiger partial charge in [-0.05, 0) is 90.1 Å². The summed E-state index contributed by atoms with van der Waals surface area (Å²) in [6.45, 7) is 1.44. The lowest BCUT2D eigenvalue weighted by atomic mass is 9.71. The molecule has 4 rings (SSSR count). The summed E-state index contributed by atoms with van der Waals surface area (Å²) >= 11 is 0. The zero-order valence-electron chi connectivity index (χ0n) is 15.2. The van der Waals surface area contributed by atoms with Gasteiger partial charge in [-0.2, -0.15) is 0 Å².